The third-order valence-corrected chi connectivity index (χ3v) is 2.70. The third kappa shape index (κ3) is 2.92. The molecular weight excluding hydrogens is 261 g/mol. The molecule has 0 atom stereocenters. The van der Waals surface area contributed by atoms with Crippen molar-refractivity contribution in [1.29, 1.82) is 0 Å². The van der Waals surface area contributed by atoms with E-state index in [0.717, 1.165) is 23.7 Å². The van der Waals surface area contributed by atoms with Gasteiger partial charge < -0.3 is 0 Å². The standard InChI is InChI=1S/C8H8BrCl2N/c9-3-1-2-6-4-7(10)8(11)12-5-6/h4-5H,1-3H2. The molecule has 1 rings (SSSR count). The molecule has 0 bridgehead atoms. The zero-order valence-electron chi connectivity index (χ0n) is 6.36. The molecule has 0 aromatic carbocycles. The van der Waals surface area contributed by atoms with Crippen LogP contribution in [0.2, 0.25) is 10.2 Å². The molecule has 1 heterocycles. The van der Waals surface area contributed by atoms with Crippen LogP contribution in [-0.4, -0.2) is 10.3 Å². The summed E-state index contributed by atoms with van der Waals surface area (Å²) in [6.45, 7) is 0. The van der Waals surface area contributed by atoms with Crippen LogP contribution in [0.5, 0.6) is 0 Å². The Morgan fingerprint density at radius 1 is 1.42 bits per heavy atom. The first-order valence-corrected chi connectivity index (χ1v) is 5.47. The smallest absolute Gasteiger partial charge is 0.147 e. The molecule has 1 nitrogen and oxygen atoms in total. The Kier molecular flexibility index (Phi) is 4.33. The van der Waals surface area contributed by atoms with Crippen molar-refractivity contribution in [2.45, 2.75) is 12.8 Å². The van der Waals surface area contributed by atoms with E-state index >= 15 is 0 Å². The molecule has 0 radical (unpaired) electrons. The summed E-state index contributed by atoms with van der Waals surface area (Å²) >= 11 is 14.8. The first-order valence-electron chi connectivity index (χ1n) is 3.60. The van der Waals surface area contributed by atoms with E-state index in [-0.39, 0.29) is 0 Å². The molecule has 0 aliphatic heterocycles. The van der Waals surface area contributed by atoms with Gasteiger partial charge in [0.15, 0.2) is 0 Å². The van der Waals surface area contributed by atoms with Gasteiger partial charge in [-0.25, -0.2) is 4.98 Å². The normalized spacial score (nSPS) is 10.2. The second-order valence-corrected chi connectivity index (χ2v) is 3.97. The van der Waals surface area contributed by atoms with E-state index in [1.165, 1.54) is 0 Å². The summed E-state index contributed by atoms with van der Waals surface area (Å²) in [4.78, 5) is 3.95. The maximum Gasteiger partial charge on any atom is 0.147 e. The fraction of sp³-hybridized carbons (Fsp3) is 0.375. The SMILES string of the molecule is Clc1cc(CCCBr)cnc1Cl. The minimum Gasteiger partial charge on any atom is -0.243 e. The maximum atomic E-state index is 5.79. The number of aromatic nitrogens is 1. The van der Waals surface area contributed by atoms with Gasteiger partial charge in [0.05, 0.1) is 5.02 Å². The van der Waals surface area contributed by atoms with Crippen molar-refractivity contribution < 1.29 is 0 Å². The van der Waals surface area contributed by atoms with Crippen LogP contribution in [0.4, 0.5) is 0 Å². The number of aryl methyl sites for hydroxylation is 1. The molecule has 0 unspecified atom stereocenters. The van der Waals surface area contributed by atoms with Gasteiger partial charge in [0.2, 0.25) is 0 Å². The van der Waals surface area contributed by atoms with Crippen molar-refractivity contribution in [2.75, 3.05) is 5.33 Å². The highest BCUT2D eigenvalue weighted by molar-refractivity contribution is 9.09. The summed E-state index contributed by atoms with van der Waals surface area (Å²) in [7, 11) is 0. The van der Waals surface area contributed by atoms with E-state index in [1.807, 2.05) is 6.07 Å². The van der Waals surface area contributed by atoms with Crippen molar-refractivity contribution in [2.24, 2.45) is 0 Å². The number of hydrogen-bond donors (Lipinski definition) is 0. The van der Waals surface area contributed by atoms with Gasteiger partial charge in [0, 0.05) is 11.5 Å². The van der Waals surface area contributed by atoms with Gasteiger partial charge in [-0.15, -0.1) is 0 Å². The molecule has 4 heteroatoms. The summed E-state index contributed by atoms with van der Waals surface area (Å²) in [6.07, 6.45) is 3.83. The monoisotopic (exact) mass is 267 g/mol. The lowest BCUT2D eigenvalue weighted by Gasteiger charge is -1.99. The fourth-order valence-corrected chi connectivity index (χ4v) is 1.44. The Morgan fingerprint density at radius 2 is 2.17 bits per heavy atom. The molecule has 0 saturated carbocycles. The lowest BCUT2D eigenvalue weighted by Crippen LogP contribution is -1.88. The largest absolute Gasteiger partial charge is 0.243 e. The summed E-state index contributed by atoms with van der Waals surface area (Å²) in [5, 5.41) is 1.90. The van der Waals surface area contributed by atoms with Gasteiger partial charge in [-0.1, -0.05) is 39.1 Å². The highest BCUT2D eigenvalue weighted by Crippen LogP contribution is 2.20. The molecule has 0 aliphatic carbocycles. The topological polar surface area (TPSA) is 12.9 Å². The van der Waals surface area contributed by atoms with Crippen LogP contribution in [0.3, 0.4) is 0 Å². The van der Waals surface area contributed by atoms with Crippen LogP contribution < -0.4 is 0 Å². The highest BCUT2D eigenvalue weighted by atomic mass is 79.9. The van der Waals surface area contributed by atoms with Crippen molar-refractivity contribution >= 4 is 39.1 Å². The lowest BCUT2D eigenvalue weighted by atomic mass is 10.2. The van der Waals surface area contributed by atoms with Gasteiger partial charge in [-0.2, -0.15) is 0 Å². The number of rotatable bonds is 3. The van der Waals surface area contributed by atoms with E-state index in [0.29, 0.717) is 10.2 Å². The summed E-state index contributed by atoms with van der Waals surface area (Å²) in [5.41, 5.74) is 1.13. The Hall–Kier alpha value is 0.210. The van der Waals surface area contributed by atoms with E-state index in [1.54, 1.807) is 6.20 Å². The quantitative estimate of drug-likeness (QED) is 0.602. The van der Waals surface area contributed by atoms with E-state index in [4.69, 9.17) is 23.2 Å². The Labute approximate surface area is 90.2 Å². The van der Waals surface area contributed by atoms with Gasteiger partial charge >= 0.3 is 0 Å². The zero-order chi connectivity index (χ0) is 8.97. The molecule has 0 spiro atoms. The number of hydrogen-bond acceptors (Lipinski definition) is 1. The van der Waals surface area contributed by atoms with Gasteiger partial charge in [0.1, 0.15) is 5.15 Å². The highest BCUT2D eigenvalue weighted by Gasteiger charge is 1.99. The van der Waals surface area contributed by atoms with Gasteiger partial charge in [-0.05, 0) is 24.5 Å². The summed E-state index contributed by atoms with van der Waals surface area (Å²) in [6, 6.07) is 1.86. The second kappa shape index (κ2) is 5.05. The first kappa shape index (κ1) is 10.3. The Morgan fingerprint density at radius 3 is 2.75 bits per heavy atom. The predicted octanol–water partition coefficient (Wildman–Crippen LogP) is 3.72. The van der Waals surface area contributed by atoms with Crippen LogP contribution in [0.25, 0.3) is 0 Å². The molecule has 0 saturated heterocycles. The molecule has 1 aromatic rings. The van der Waals surface area contributed by atoms with E-state index in [2.05, 4.69) is 20.9 Å². The third-order valence-electron chi connectivity index (χ3n) is 1.45. The number of halogens is 3. The van der Waals surface area contributed by atoms with Crippen molar-refractivity contribution in [3.63, 3.8) is 0 Å². The number of alkyl halides is 1. The maximum absolute atomic E-state index is 5.79. The molecule has 12 heavy (non-hydrogen) atoms. The number of nitrogens with zero attached hydrogens (tertiary/aromatic N) is 1. The average Bonchev–Trinajstić information content (AvgIpc) is 2.07. The average molecular weight is 269 g/mol. The van der Waals surface area contributed by atoms with Gasteiger partial charge in [-0.3, -0.25) is 0 Å². The molecule has 0 fully saturated rings. The molecule has 0 amide bonds. The van der Waals surface area contributed by atoms with E-state index < -0.39 is 0 Å². The Balaban J connectivity index is 2.69. The van der Waals surface area contributed by atoms with Gasteiger partial charge in [0.25, 0.3) is 0 Å². The molecule has 1 aromatic heterocycles. The zero-order valence-corrected chi connectivity index (χ0v) is 9.45. The second-order valence-electron chi connectivity index (χ2n) is 2.41. The molecule has 0 aliphatic rings. The van der Waals surface area contributed by atoms with Crippen LogP contribution in [0.15, 0.2) is 12.3 Å². The van der Waals surface area contributed by atoms with Crippen LogP contribution in [0, 0.1) is 0 Å². The minimum absolute atomic E-state index is 0.374. The summed E-state index contributed by atoms with van der Waals surface area (Å²) < 4.78 is 0. The summed E-state index contributed by atoms with van der Waals surface area (Å²) in [5.74, 6) is 0. The van der Waals surface area contributed by atoms with Crippen LogP contribution in [-0.2, 0) is 6.42 Å². The Bertz CT molecular complexity index is 265. The first-order chi connectivity index (χ1) is 5.74. The molecular formula is C8H8BrCl2N. The van der Waals surface area contributed by atoms with Crippen molar-refractivity contribution in [3.05, 3.63) is 28.0 Å². The van der Waals surface area contributed by atoms with Crippen molar-refractivity contribution in [1.82, 2.24) is 4.98 Å². The fourth-order valence-electron chi connectivity index (χ4n) is 0.868. The minimum atomic E-state index is 0.374. The van der Waals surface area contributed by atoms with Crippen LogP contribution >= 0.6 is 39.1 Å². The van der Waals surface area contributed by atoms with Crippen LogP contribution in [0.1, 0.15) is 12.0 Å². The molecule has 0 N–H and O–H groups in total. The predicted molar refractivity (Wildman–Crippen MR) is 56.4 cm³/mol. The lowest BCUT2D eigenvalue weighted by molar-refractivity contribution is 0.930. The molecule has 66 valence electrons. The van der Waals surface area contributed by atoms with E-state index in [9.17, 15) is 0 Å². The number of pyridine rings is 1. The van der Waals surface area contributed by atoms with Crippen molar-refractivity contribution in [3.8, 4) is 0 Å².